The molecule has 0 bridgehead atoms. The van der Waals surface area contributed by atoms with Crippen molar-refractivity contribution in [3.05, 3.63) is 16.6 Å². The van der Waals surface area contributed by atoms with Crippen LogP contribution in [0.1, 0.15) is 38.5 Å². The van der Waals surface area contributed by atoms with Gasteiger partial charge < -0.3 is 19.1 Å². The number of hydrogen-bond donors (Lipinski definition) is 0. The van der Waals surface area contributed by atoms with E-state index in [1.165, 1.54) is 31.3 Å². The molecule has 0 spiro atoms. The Labute approximate surface area is 161 Å². The fourth-order valence-corrected chi connectivity index (χ4v) is 3.89. The van der Waals surface area contributed by atoms with Gasteiger partial charge in [-0.15, -0.1) is 0 Å². The third kappa shape index (κ3) is 4.47. The fraction of sp³-hybridized carbons (Fsp3) is 0.556. The molecule has 146 valence electrons. The van der Waals surface area contributed by atoms with E-state index in [1.807, 2.05) is 0 Å². The second kappa shape index (κ2) is 7.67. The lowest BCUT2D eigenvalue weighted by atomic mass is 9.97. The van der Waals surface area contributed by atoms with Gasteiger partial charge in [0.15, 0.2) is 5.13 Å². The van der Waals surface area contributed by atoms with Crippen LogP contribution in [0.25, 0.3) is 6.08 Å². The van der Waals surface area contributed by atoms with Gasteiger partial charge in [-0.2, -0.15) is 0 Å². The minimum Gasteiger partial charge on any atom is -0.466 e. The molecule has 0 aliphatic carbocycles. The zero-order chi connectivity index (χ0) is 19.6. The van der Waals surface area contributed by atoms with Crippen LogP contribution in [0.15, 0.2) is 11.8 Å². The Morgan fingerprint density at radius 2 is 1.96 bits per heavy atom. The van der Waals surface area contributed by atoms with E-state index < -0.39 is 17.7 Å². The molecule has 0 N–H and O–H groups in total. The number of rotatable bonds is 4. The second-order valence-electron chi connectivity index (χ2n) is 6.80. The van der Waals surface area contributed by atoms with Gasteiger partial charge in [-0.3, -0.25) is 4.79 Å². The number of hydrogen-bond acceptors (Lipinski definition) is 9. The van der Waals surface area contributed by atoms with Crippen molar-refractivity contribution in [2.24, 2.45) is 5.92 Å². The molecule has 9 heteroatoms. The molecule has 3 rings (SSSR count). The summed E-state index contributed by atoms with van der Waals surface area (Å²) >= 11 is 1.36. The van der Waals surface area contributed by atoms with Gasteiger partial charge in [0.25, 0.3) is 5.79 Å². The van der Waals surface area contributed by atoms with Crippen molar-refractivity contribution in [1.82, 2.24) is 4.98 Å². The van der Waals surface area contributed by atoms with Crippen LogP contribution < -0.4 is 4.90 Å². The van der Waals surface area contributed by atoms with Crippen molar-refractivity contribution in [1.29, 1.82) is 0 Å². The summed E-state index contributed by atoms with van der Waals surface area (Å²) in [5.41, 5.74) is -0.148. The number of nitrogens with zero attached hydrogens (tertiary/aromatic N) is 2. The zero-order valence-corrected chi connectivity index (χ0v) is 16.3. The summed E-state index contributed by atoms with van der Waals surface area (Å²) in [4.78, 5) is 43.0. The molecule has 0 radical (unpaired) electrons. The summed E-state index contributed by atoms with van der Waals surface area (Å²) in [5.74, 6) is -2.88. The lowest BCUT2D eigenvalue weighted by molar-refractivity contribution is -0.222. The first-order chi connectivity index (χ1) is 12.8. The summed E-state index contributed by atoms with van der Waals surface area (Å²) in [6.07, 6.45) is 4.46. The van der Waals surface area contributed by atoms with Gasteiger partial charge in [0, 0.05) is 33.1 Å². The molecule has 2 aliphatic rings. The second-order valence-corrected chi connectivity index (χ2v) is 7.84. The minimum absolute atomic E-state index is 0.0714. The highest BCUT2D eigenvalue weighted by molar-refractivity contribution is 7.16. The molecule has 3 heterocycles. The molecule has 2 aliphatic heterocycles. The van der Waals surface area contributed by atoms with Gasteiger partial charge in [-0.25, -0.2) is 14.6 Å². The van der Waals surface area contributed by atoms with Crippen LogP contribution in [0.4, 0.5) is 5.13 Å². The van der Waals surface area contributed by atoms with E-state index >= 15 is 0 Å². The largest absolute Gasteiger partial charge is 0.466 e. The summed E-state index contributed by atoms with van der Waals surface area (Å²) in [5, 5.41) is 0.780. The Morgan fingerprint density at radius 3 is 2.56 bits per heavy atom. The smallest absolute Gasteiger partial charge is 0.348 e. The first-order valence-corrected chi connectivity index (χ1v) is 9.66. The Morgan fingerprint density at radius 1 is 1.33 bits per heavy atom. The van der Waals surface area contributed by atoms with Crippen molar-refractivity contribution in [2.45, 2.75) is 39.4 Å². The maximum absolute atomic E-state index is 12.0. The molecule has 2 fully saturated rings. The highest BCUT2D eigenvalue weighted by Crippen LogP contribution is 2.30. The lowest BCUT2D eigenvalue weighted by Gasteiger charge is -2.30. The van der Waals surface area contributed by atoms with Gasteiger partial charge in [-0.05, 0) is 25.8 Å². The molecule has 2 saturated heterocycles. The van der Waals surface area contributed by atoms with Crippen molar-refractivity contribution < 1.29 is 28.6 Å². The zero-order valence-electron chi connectivity index (χ0n) is 15.5. The number of ether oxygens (including phenoxy) is 3. The Kier molecular flexibility index (Phi) is 5.50. The van der Waals surface area contributed by atoms with Gasteiger partial charge in [0.1, 0.15) is 5.57 Å². The number of esters is 3. The lowest BCUT2D eigenvalue weighted by Crippen LogP contribution is -2.41. The van der Waals surface area contributed by atoms with Crippen molar-refractivity contribution in [3.63, 3.8) is 0 Å². The van der Waals surface area contributed by atoms with Gasteiger partial charge in [-0.1, -0.05) is 11.3 Å². The van der Waals surface area contributed by atoms with Gasteiger partial charge in [0.05, 0.1) is 17.4 Å². The summed E-state index contributed by atoms with van der Waals surface area (Å²) < 4.78 is 15.3. The maximum atomic E-state index is 12.0. The average molecular weight is 394 g/mol. The van der Waals surface area contributed by atoms with E-state index in [0.29, 0.717) is 37.4 Å². The van der Waals surface area contributed by atoms with Crippen LogP contribution in [0, 0.1) is 5.92 Å². The summed E-state index contributed by atoms with van der Waals surface area (Å²) in [6.45, 7) is 6.61. The number of anilines is 1. The molecule has 27 heavy (non-hydrogen) atoms. The Bertz CT molecular complexity index is 755. The molecular weight excluding hydrogens is 372 g/mol. The SMILES string of the molecule is CCOC(=O)C1CCN(c2ncc(C=C3C(=O)OC(C)(C)OC3=O)s2)CC1. The van der Waals surface area contributed by atoms with E-state index in [9.17, 15) is 14.4 Å². The topological polar surface area (TPSA) is 95.0 Å². The number of aromatic nitrogens is 1. The molecule has 0 amide bonds. The standard InChI is InChI=1S/C18H22N2O6S/c1-4-24-14(21)11-5-7-20(8-6-11)17-19-10-12(27-17)9-13-15(22)25-18(2,3)26-16(13)23/h9-11H,4-8H2,1-3H3. The fourth-order valence-electron chi connectivity index (χ4n) is 2.98. The predicted molar refractivity (Wildman–Crippen MR) is 97.9 cm³/mol. The molecule has 1 aromatic rings. The van der Waals surface area contributed by atoms with E-state index in [2.05, 4.69) is 9.88 Å². The van der Waals surface area contributed by atoms with Crippen molar-refractivity contribution in [3.8, 4) is 0 Å². The number of thiazole rings is 1. The molecule has 8 nitrogen and oxygen atoms in total. The highest BCUT2D eigenvalue weighted by Gasteiger charge is 2.39. The number of carbonyl (C=O) groups excluding carboxylic acids is 3. The highest BCUT2D eigenvalue weighted by atomic mass is 32.1. The first kappa shape index (κ1) is 19.3. The van der Waals surface area contributed by atoms with E-state index in [1.54, 1.807) is 13.1 Å². The average Bonchev–Trinajstić information content (AvgIpc) is 3.06. The monoisotopic (exact) mass is 394 g/mol. The third-order valence-electron chi connectivity index (χ3n) is 4.30. The molecule has 0 atom stereocenters. The van der Waals surface area contributed by atoms with E-state index in [0.717, 1.165) is 5.13 Å². The molecule has 0 unspecified atom stereocenters. The summed E-state index contributed by atoms with van der Waals surface area (Å²) in [6, 6.07) is 0. The van der Waals surface area contributed by atoms with Crippen LogP contribution in [0.2, 0.25) is 0 Å². The normalized spacial score (nSPS) is 20.1. The van der Waals surface area contributed by atoms with E-state index in [4.69, 9.17) is 14.2 Å². The van der Waals surface area contributed by atoms with Crippen LogP contribution in [-0.2, 0) is 28.6 Å². The van der Waals surface area contributed by atoms with Crippen LogP contribution >= 0.6 is 11.3 Å². The third-order valence-corrected chi connectivity index (χ3v) is 5.31. The van der Waals surface area contributed by atoms with Crippen LogP contribution in [-0.4, -0.2) is 48.4 Å². The van der Waals surface area contributed by atoms with Gasteiger partial charge >= 0.3 is 17.9 Å². The molecule has 0 saturated carbocycles. The van der Waals surface area contributed by atoms with Crippen LogP contribution in [0.3, 0.4) is 0 Å². The molecule has 0 aromatic carbocycles. The molecular formula is C18H22N2O6S. The van der Waals surface area contributed by atoms with E-state index in [-0.39, 0.29) is 17.5 Å². The summed E-state index contributed by atoms with van der Waals surface area (Å²) in [7, 11) is 0. The maximum Gasteiger partial charge on any atom is 0.348 e. The number of piperidine rings is 1. The van der Waals surface area contributed by atoms with Gasteiger partial charge in [0.2, 0.25) is 0 Å². The van der Waals surface area contributed by atoms with Crippen molar-refractivity contribution in [2.75, 3.05) is 24.6 Å². The number of cyclic esters (lactones) is 2. The predicted octanol–water partition coefficient (Wildman–Crippen LogP) is 2.14. The van der Waals surface area contributed by atoms with Crippen LogP contribution in [0.5, 0.6) is 0 Å². The Balaban J connectivity index is 1.65. The Hall–Kier alpha value is -2.42. The van der Waals surface area contributed by atoms with Crippen molar-refractivity contribution >= 4 is 40.5 Å². The quantitative estimate of drug-likeness (QED) is 0.435. The minimum atomic E-state index is -1.26. The number of carbonyl (C=O) groups is 3. The first-order valence-electron chi connectivity index (χ1n) is 8.85. The molecule has 1 aromatic heterocycles.